The molecule has 104 valence electrons. The van der Waals surface area contributed by atoms with Crippen LogP contribution in [0.3, 0.4) is 0 Å². The van der Waals surface area contributed by atoms with E-state index in [1.54, 1.807) is 0 Å². The van der Waals surface area contributed by atoms with Crippen molar-refractivity contribution in [3.63, 3.8) is 0 Å². The minimum absolute atomic E-state index is 0.0300. The molecular weight excluding hydrogens is 270 g/mol. The van der Waals surface area contributed by atoms with Crippen LogP contribution in [0.25, 0.3) is 11.0 Å². The number of hydrogen-bond acceptors (Lipinski definition) is 5. The zero-order valence-corrected chi connectivity index (χ0v) is 12.4. The highest BCUT2D eigenvalue weighted by Crippen LogP contribution is 2.31. The highest BCUT2D eigenvalue weighted by atomic mass is 32.1. The predicted octanol–water partition coefficient (Wildman–Crippen LogP) is 3.68. The van der Waals surface area contributed by atoms with Gasteiger partial charge in [0.05, 0.1) is 10.6 Å². The normalized spacial score (nSPS) is 12.9. The number of nitrogens with zero attached hydrogens (tertiary/aromatic N) is 2. The van der Waals surface area contributed by atoms with Crippen LogP contribution in [-0.2, 0) is 0 Å². The van der Waals surface area contributed by atoms with Gasteiger partial charge in [0.15, 0.2) is 0 Å². The van der Waals surface area contributed by atoms with E-state index in [2.05, 4.69) is 34.0 Å². The van der Waals surface area contributed by atoms with E-state index >= 15 is 0 Å². The fourth-order valence-electron chi connectivity index (χ4n) is 2.26. The lowest BCUT2D eigenvalue weighted by atomic mass is 10.1. The van der Waals surface area contributed by atoms with Crippen molar-refractivity contribution in [1.82, 2.24) is 14.9 Å². The summed E-state index contributed by atoms with van der Waals surface area (Å²) in [6.07, 6.45) is 1.07. The van der Waals surface area contributed by atoms with Gasteiger partial charge in [-0.15, -0.1) is 5.10 Å². The van der Waals surface area contributed by atoms with E-state index in [1.165, 1.54) is 11.5 Å². The Kier molecular flexibility index (Phi) is 3.80. The quantitative estimate of drug-likeness (QED) is 0.777. The topological polar surface area (TPSA) is 51.0 Å². The zero-order valence-electron chi connectivity index (χ0n) is 11.6. The number of furan rings is 1. The van der Waals surface area contributed by atoms with E-state index in [0.29, 0.717) is 0 Å². The molecule has 2 aromatic heterocycles. The molecule has 0 amide bonds. The predicted molar refractivity (Wildman–Crippen MR) is 81.0 cm³/mol. The van der Waals surface area contributed by atoms with Gasteiger partial charge < -0.3 is 9.73 Å². The molecule has 0 fully saturated rings. The molecule has 0 aliphatic rings. The Bertz CT molecular complexity index is 671. The van der Waals surface area contributed by atoms with Gasteiger partial charge in [0.25, 0.3) is 0 Å². The highest BCUT2D eigenvalue weighted by molar-refractivity contribution is 7.05. The molecule has 1 N–H and O–H groups in total. The SMILES string of the molecule is CCCNC(c1cc2ccccc2o1)c1snnc1C. The molecule has 5 heteroatoms. The highest BCUT2D eigenvalue weighted by Gasteiger charge is 2.22. The van der Waals surface area contributed by atoms with Gasteiger partial charge in [-0.3, -0.25) is 0 Å². The molecule has 1 aromatic carbocycles. The molecule has 1 unspecified atom stereocenters. The first-order valence-electron chi connectivity index (χ1n) is 6.80. The summed E-state index contributed by atoms with van der Waals surface area (Å²) in [6.45, 7) is 5.07. The third kappa shape index (κ3) is 2.46. The van der Waals surface area contributed by atoms with Crippen LogP contribution >= 0.6 is 11.5 Å². The van der Waals surface area contributed by atoms with Gasteiger partial charge in [-0.2, -0.15) is 0 Å². The fourth-order valence-corrected chi connectivity index (χ4v) is 2.99. The Morgan fingerprint density at radius 1 is 1.35 bits per heavy atom. The number of aromatic nitrogens is 2. The lowest BCUT2D eigenvalue weighted by Gasteiger charge is -2.14. The molecule has 2 heterocycles. The summed E-state index contributed by atoms with van der Waals surface area (Å²) in [6, 6.07) is 10.2. The third-order valence-corrected chi connectivity index (χ3v) is 4.17. The molecule has 0 bridgehead atoms. The second-order valence-corrected chi connectivity index (χ2v) is 5.58. The molecule has 4 nitrogen and oxygen atoms in total. The minimum Gasteiger partial charge on any atom is -0.459 e. The molecule has 0 radical (unpaired) electrons. The summed E-state index contributed by atoms with van der Waals surface area (Å²) in [5, 5.41) is 8.76. The van der Waals surface area contributed by atoms with Gasteiger partial charge in [0.2, 0.25) is 0 Å². The average Bonchev–Trinajstić information content (AvgIpc) is 3.06. The van der Waals surface area contributed by atoms with Gasteiger partial charge in [-0.1, -0.05) is 29.6 Å². The summed E-state index contributed by atoms with van der Waals surface area (Å²) >= 11 is 1.43. The summed E-state index contributed by atoms with van der Waals surface area (Å²) in [5.41, 5.74) is 1.88. The van der Waals surface area contributed by atoms with Crippen molar-refractivity contribution in [2.75, 3.05) is 6.54 Å². The summed E-state index contributed by atoms with van der Waals surface area (Å²) in [7, 11) is 0. The molecule has 1 atom stereocenters. The van der Waals surface area contributed by atoms with Crippen LogP contribution in [0.2, 0.25) is 0 Å². The van der Waals surface area contributed by atoms with Crippen LogP contribution in [0, 0.1) is 6.92 Å². The number of nitrogens with one attached hydrogen (secondary N) is 1. The Hall–Kier alpha value is -1.72. The summed E-state index contributed by atoms with van der Waals surface area (Å²) < 4.78 is 10.0. The molecule has 0 spiro atoms. The van der Waals surface area contributed by atoms with Crippen LogP contribution in [-0.4, -0.2) is 16.1 Å². The first kappa shape index (κ1) is 13.3. The van der Waals surface area contributed by atoms with Crippen molar-refractivity contribution < 1.29 is 4.42 Å². The van der Waals surface area contributed by atoms with Gasteiger partial charge in [0.1, 0.15) is 17.4 Å². The molecule has 0 saturated carbocycles. The summed E-state index contributed by atoms with van der Waals surface area (Å²) in [4.78, 5) is 1.12. The summed E-state index contributed by atoms with van der Waals surface area (Å²) in [5.74, 6) is 0.925. The first-order chi connectivity index (χ1) is 9.79. The van der Waals surface area contributed by atoms with Crippen LogP contribution in [0.1, 0.15) is 35.7 Å². The van der Waals surface area contributed by atoms with Crippen molar-refractivity contribution >= 4 is 22.5 Å². The number of fused-ring (bicyclic) bond motifs is 1. The maximum Gasteiger partial charge on any atom is 0.134 e. The van der Waals surface area contributed by atoms with E-state index in [1.807, 2.05) is 25.1 Å². The Morgan fingerprint density at radius 2 is 2.20 bits per heavy atom. The molecule has 20 heavy (non-hydrogen) atoms. The van der Waals surface area contributed by atoms with E-state index in [-0.39, 0.29) is 6.04 Å². The van der Waals surface area contributed by atoms with Crippen molar-refractivity contribution in [2.24, 2.45) is 0 Å². The largest absolute Gasteiger partial charge is 0.459 e. The molecule has 0 saturated heterocycles. The van der Waals surface area contributed by atoms with Crippen LogP contribution < -0.4 is 5.32 Å². The molecule has 3 rings (SSSR count). The number of para-hydroxylation sites is 1. The van der Waals surface area contributed by atoms with Crippen molar-refractivity contribution in [2.45, 2.75) is 26.3 Å². The smallest absolute Gasteiger partial charge is 0.134 e. The van der Waals surface area contributed by atoms with Crippen LogP contribution in [0.4, 0.5) is 0 Å². The monoisotopic (exact) mass is 287 g/mol. The van der Waals surface area contributed by atoms with E-state index < -0.39 is 0 Å². The second-order valence-electron chi connectivity index (χ2n) is 4.80. The van der Waals surface area contributed by atoms with Crippen molar-refractivity contribution in [3.8, 4) is 0 Å². The lowest BCUT2D eigenvalue weighted by molar-refractivity contribution is 0.472. The third-order valence-electron chi connectivity index (χ3n) is 3.28. The first-order valence-corrected chi connectivity index (χ1v) is 7.57. The van der Waals surface area contributed by atoms with Gasteiger partial charge in [-0.25, -0.2) is 0 Å². The average molecular weight is 287 g/mol. The number of benzene rings is 1. The minimum atomic E-state index is 0.0300. The lowest BCUT2D eigenvalue weighted by Crippen LogP contribution is -2.22. The Balaban J connectivity index is 2.02. The molecule has 3 aromatic rings. The van der Waals surface area contributed by atoms with E-state index in [9.17, 15) is 0 Å². The van der Waals surface area contributed by atoms with Crippen molar-refractivity contribution in [1.29, 1.82) is 0 Å². The maximum absolute atomic E-state index is 5.99. The van der Waals surface area contributed by atoms with Crippen LogP contribution in [0.5, 0.6) is 0 Å². The zero-order chi connectivity index (χ0) is 13.9. The van der Waals surface area contributed by atoms with E-state index in [0.717, 1.165) is 40.3 Å². The Labute approximate surface area is 122 Å². The van der Waals surface area contributed by atoms with Gasteiger partial charge >= 0.3 is 0 Å². The maximum atomic E-state index is 5.99. The molecular formula is C15H17N3OS. The van der Waals surface area contributed by atoms with Gasteiger partial charge in [-0.05, 0) is 43.6 Å². The fraction of sp³-hybridized carbons (Fsp3) is 0.333. The number of hydrogen-bond donors (Lipinski definition) is 1. The van der Waals surface area contributed by atoms with Gasteiger partial charge in [0, 0.05) is 5.39 Å². The second kappa shape index (κ2) is 5.73. The van der Waals surface area contributed by atoms with E-state index in [4.69, 9.17) is 4.42 Å². The van der Waals surface area contributed by atoms with Crippen LogP contribution in [0.15, 0.2) is 34.7 Å². The molecule has 0 aliphatic carbocycles. The van der Waals surface area contributed by atoms with Crippen molar-refractivity contribution in [3.05, 3.63) is 46.7 Å². The standard InChI is InChI=1S/C15H17N3OS/c1-3-8-16-14(15-10(2)17-18-20-15)13-9-11-6-4-5-7-12(11)19-13/h4-7,9,14,16H,3,8H2,1-2H3. The number of rotatable bonds is 5. The molecule has 0 aliphatic heterocycles. The Morgan fingerprint density at radius 3 is 2.90 bits per heavy atom. The number of aryl methyl sites for hydroxylation is 1.